The van der Waals surface area contributed by atoms with Gasteiger partial charge < -0.3 is 15.4 Å². The van der Waals surface area contributed by atoms with Crippen LogP contribution in [0.25, 0.3) is 0 Å². The van der Waals surface area contributed by atoms with Gasteiger partial charge >= 0.3 is 5.97 Å². The van der Waals surface area contributed by atoms with Crippen LogP contribution >= 0.6 is 0 Å². The van der Waals surface area contributed by atoms with E-state index < -0.39 is 12.1 Å². The number of ether oxygens (including phenoxy) is 1. The van der Waals surface area contributed by atoms with E-state index in [1.165, 1.54) is 7.11 Å². The number of esters is 1. The van der Waals surface area contributed by atoms with Crippen molar-refractivity contribution in [3.8, 4) is 0 Å². The molecule has 1 heterocycles. The molecule has 0 aromatic heterocycles. The molecule has 0 aliphatic carbocycles. The third kappa shape index (κ3) is 2.97. The average Bonchev–Trinajstić information content (AvgIpc) is 2.83. The Balaban J connectivity index is 2.71. The Morgan fingerprint density at radius 1 is 1.53 bits per heavy atom. The third-order valence-electron chi connectivity index (χ3n) is 3.55. The number of nitrogens with two attached hydrogens (primary N) is 1. The smallest absolute Gasteiger partial charge is 0.328 e. The molecule has 1 rings (SSSR count). The molecule has 1 saturated heterocycles. The lowest BCUT2D eigenvalue weighted by atomic mass is 9.98. The lowest BCUT2D eigenvalue weighted by molar-refractivity contribution is -0.151. The topological polar surface area (TPSA) is 72.6 Å². The molecule has 1 aliphatic rings. The average molecular weight is 242 g/mol. The highest BCUT2D eigenvalue weighted by molar-refractivity contribution is 5.88. The summed E-state index contributed by atoms with van der Waals surface area (Å²) in [4.78, 5) is 25.3. The number of rotatable bonds is 4. The van der Waals surface area contributed by atoms with Gasteiger partial charge in [0.15, 0.2) is 0 Å². The second-order valence-corrected chi connectivity index (χ2v) is 4.62. The number of hydrogen-bond acceptors (Lipinski definition) is 4. The maximum absolute atomic E-state index is 12.2. The first-order chi connectivity index (χ1) is 8.02. The van der Waals surface area contributed by atoms with E-state index in [4.69, 9.17) is 10.5 Å². The molecule has 3 atom stereocenters. The van der Waals surface area contributed by atoms with E-state index in [0.717, 1.165) is 12.8 Å². The Morgan fingerprint density at radius 2 is 2.18 bits per heavy atom. The van der Waals surface area contributed by atoms with Gasteiger partial charge in [-0.1, -0.05) is 20.3 Å². The summed E-state index contributed by atoms with van der Waals surface area (Å²) < 4.78 is 4.71. The Bertz CT molecular complexity index is 293. The van der Waals surface area contributed by atoms with Crippen molar-refractivity contribution in [3.05, 3.63) is 0 Å². The maximum atomic E-state index is 12.2. The minimum atomic E-state index is -0.523. The minimum Gasteiger partial charge on any atom is -0.467 e. The predicted octanol–water partition coefficient (Wildman–Crippen LogP) is 0.524. The monoisotopic (exact) mass is 242 g/mol. The first kappa shape index (κ1) is 14.0. The first-order valence-electron chi connectivity index (χ1n) is 6.16. The van der Waals surface area contributed by atoms with E-state index in [1.807, 2.05) is 13.8 Å². The van der Waals surface area contributed by atoms with Crippen molar-refractivity contribution < 1.29 is 14.3 Å². The molecule has 2 N–H and O–H groups in total. The van der Waals surface area contributed by atoms with Gasteiger partial charge in [-0.15, -0.1) is 0 Å². The largest absolute Gasteiger partial charge is 0.467 e. The maximum Gasteiger partial charge on any atom is 0.328 e. The van der Waals surface area contributed by atoms with E-state index in [0.29, 0.717) is 13.0 Å². The number of carbonyl (C=O) groups is 2. The SMILES string of the molecule is CCC(C)C(N)C(=O)N1CCCC1C(=O)OC. The summed E-state index contributed by atoms with van der Waals surface area (Å²) >= 11 is 0. The molecule has 0 radical (unpaired) electrons. The summed E-state index contributed by atoms with van der Waals surface area (Å²) in [6, 6.07) is -0.965. The van der Waals surface area contributed by atoms with E-state index >= 15 is 0 Å². The number of amides is 1. The van der Waals surface area contributed by atoms with Gasteiger partial charge in [0.2, 0.25) is 5.91 Å². The van der Waals surface area contributed by atoms with Gasteiger partial charge in [-0.2, -0.15) is 0 Å². The molecular weight excluding hydrogens is 220 g/mol. The van der Waals surface area contributed by atoms with Crippen LogP contribution in [0.3, 0.4) is 0 Å². The zero-order chi connectivity index (χ0) is 13.0. The highest BCUT2D eigenvalue weighted by Gasteiger charge is 2.37. The number of methoxy groups -OCH3 is 1. The molecule has 0 spiro atoms. The normalized spacial score (nSPS) is 23.3. The second-order valence-electron chi connectivity index (χ2n) is 4.62. The van der Waals surface area contributed by atoms with Gasteiger partial charge in [0.05, 0.1) is 13.2 Å². The summed E-state index contributed by atoms with van der Waals surface area (Å²) in [6.45, 7) is 4.55. The fourth-order valence-corrected chi connectivity index (χ4v) is 2.10. The molecule has 0 bridgehead atoms. The van der Waals surface area contributed by atoms with Crippen LogP contribution in [0.4, 0.5) is 0 Å². The van der Waals surface area contributed by atoms with Crippen LogP contribution in [0.1, 0.15) is 33.1 Å². The Hall–Kier alpha value is -1.10. The summed E-state index contributed by atoms with van der Waals surface area (Å²) in [5.41, 5.74) is 5.91. The second kappa shape index (κ2) is 6.00. The standard InChI is InChI=1S/C12H22N2O3/c1-4-8(2)10(13)11(15)14-7-5-6-9(14)12(16)17-3/h8-10H,4-7,13H2,1-3H3. The van der Waals surface area contributed by atoms with Gasteiger partial charge in [0, 0.05) is 6.54 Å². The zero-order valence-corrected chi connectivity index (χ0v) is 10.8. The number of carbonyl (C=O) groups excluding carboxylic acids is 2. The predicted molar refractivity (Wildman–Crippen MR) is 64.2 cm³/mol. The van der Waals surface area contributed by atoms with Crippen molar-refractivity contribution >= 4 is 11.9 Å². The molecule has 1 aliphatic heterocycles. The number of likely N-dealkylation sites (tertiary alicyclic amines) is 1. The summed E-state index contributed by atoms with van der Waals surface area (Å²) in [7, 11) is 1.35. The molecule has 98 valence electrons. The van der Waals surface area contributed by atoms with Crippen LogP contribution in [0.5, 0.6) is 0 Å². The van der Waals surface area contributed by atoms with Crippen molar-refractivity contribution in [2.24, 2.45) is 11.7 Å². The van der Waals surface area contributed by atoms with Gasteiger partial charge in [-0.25, -0.2) is 4.79 Å². The Morgan fingerprint density at radius 3 is 2.71 bits per heavy atom. The lowest BCUT2D eigenvalue weighted by Gasteiger charge is -2.27. The molecule has 5 heteroatoms. The van der Waals surface area contributed by atoms with Crippen LogP contribution in [-0.4, -0.2) is 42.5 Å². The molecule has 17 heavy (non-hydrogen) atoms. The van der Waals surface area contributed by atoms with Crippen molar-refractivity contribution in [1.29, 1.82) is 0 Å². The highest BCUT2D eigenvalue weighted by atomic mass is 16.5. The van der Waals surface area contributed by atoms with Gasteiger partial charge in [-0.05, 0) is 18.8 Å². The van der Waals surface area contributed by atoms with Crippen molar-refractivity contribution in [3.63, 3.8) is 0 Å². The molecular formula is C12H22N2O3. The molecule has 1 fully saturated rings. The summed E-state index contributed by atoms with van der Waals surface area (Å²) in [6.07, 6.45) is 2.36. The van der Waals surface area contributed by atoms with Gasteiger partial charge in [0.25, 0.3) is 0 Å². The van der Waals surface area contributed by atoms with Crippen molar-refractivity contribution in [1.82, 2.24) is 4.90 Å². The minimum absolute atomic E-state index is 0.126. The van der Waals surface area contributed by atoms with Gasteiger partial charge in [-0.3, -0.25) is 4.79 Å². The van der Waals surface area contributed by atoms with E-state index in [9.17, 15) is 9.59 Å². The molecule has 0 aromatic rings. The summed E-state index contributed by atoms with van der Waals surface area (Å²) in [5.74, 6) is -0.346. The zero-order valence-electron chi connectivity index (χ0n) is 10.8. The molecule has 0 aromatic carbocycles. The van der Waals surface area contributed by atoms with Crippen LogP contribution < -0.4 is 5.73 Å². The molecule has 3 unspecified atom stereocenters. The number of hydrogen-bond donors (Lipinski definition) is 1. The molecule has 0 saturated carbocycles. The third-order valence-corrected chi connectivity index (χ3v) is 3.55. The fourth-order valence-electron chi connectivity index (χ4n) is 2.10. The highest BCUT2D eigenvalue weighted by Crippen LogP contribution is 2.21. The van der Waals surface area contributed by atoms with Crippen LogP contribution in [-0.2, 0) is 14.3 Å². The van der Waals surface area contributed by atoms with Crippen LogP contribution in [0.2, 0.25) is 0 Å². The number of nitrogens with zero attached hydrogens (tertiary/aromatic N) is 1. The first-order valence-corrected chi connectivity index (χ1v) is 6.16. The fraction of sp³-hybridized carbons (Fsp3) is 0.833. The van der Waals surface area contributed by atoms with E-state index in [2.05, 4.69) is 0 Å². The van der Waals surface area contributed by atoms with Crippen molar-refractivity contribution in [2.75, 3.05) is 13.7 Å². The Kier molecular flexibility index (Phi) is 4.93. The summed E-state index contributed by atoms with van der Waals surface area (Å²) in [5, 5.41) is 0. The Labute approximate surface area is 102 Å². The molecule has 5 nitrogen and oxygen atoms in total. The van der Waals surface area contributed by atoms with Gasteiger partial charge in [0.1, 0.15) is 6.04 Å². The quantitative estimate of drug-likeness (QED) is 0.730. The molecule has 1 amide bonds. The van der Waals surface area contributed by atoms with E-state index in [1.54, 1.807) is 4.90 Å². The van der Waals surface area contributed by atoms with E-state index in [-0.39, 0.29) is 17.8 Å². The van der Waals surface area contributed by atoms with Crippen LogP contribution in [0, 0.1) is 5.92 Å². The van der Waals surface area contributed by atoms with Crippen molar-refractivity contribution in [2.45, 2.75) is 45.2 Å². The lowest BCUT2D eigenvalue weighted by Crippen LogP contribution is -2.50. The van der Waals surface area contributed by atoms with Crippen LogP contribution in [0.15, 0.2) is 0 Å².